The van der Waals surface area contributed by atoms with Gasteiger partial charge in [0.05, 0.1) is 18.0 Å². The number of carbonyl (C=O) groups excluding carboxylic acids is 1. The number of nitrogens with zero attached hydrogens (tertiary/aromatic N) is 1. The van der Waals surface area contributed by atoms with E-state index >= 15 is 0 Å². The summed E-state index contributed by atoms with van der Waals surface area (Å²) in [5.74, 6) is -0.446. The van der Waals surface area contributed by atoms with Crippen molar-refractivity contribution < 1.29 is 26.4 Å². The molecule has 2 aromatic rings. The Hall–Kier alpha value is -2.18. The van der Waals surface area contributed by atoms with Crippen molar-refractivity contribution in [2.75, 3.05) is 20.2 Å². The molecule has 0 saturated carbocycles. The van der Waals surface area contributed by atoms with Gasteiger partial charge in [0, 0.05) is 24.7 Å². The lowest BCUT2D eigenvalue weighted by Crippen LogP contribution is -2.44. The third-order valence-electron chi connectivity index (χ3n) is 5.48. The van der Waals surface area contributed by atoms with Gasteiger partial charge in [0.2, 0.25) is 26.0 Å². The van der Waals surface area contributed by atoms with Crippen molar-refractivity contribution in [2.24, 2.45) is 0 Å². The number of ether oxygens (including phenoxy) is 1. The summed E-state index contributed by atoms with van der Waals surface area (Å²) in [5.41, 5.74) is 0.678. The van der Waals surface area contributed by atoms with E-state index in [4.69, 9.17) is 16.3 Å². The second-order valence-corrected chi connectivity index (χ2v) is 12.0. The number of piperidine rings is 1. The second-order valence-electron chi connectivity index (χ2n) is 7.96. The van der Waals surface area contributed by atoms with Crippen LogP contribution in [0.2, 0.25) is 5.02 Å². The molecule has 1 fully saturated rings. The van der Waals surface area contributed by atoms with Gasteiger partial charge in [-0.05, 0) is 55.7 Å². The summed E-state index contributed by atoms with van der Waals surface area (Å²) >= 11 is 5.91. The summed E-state index contributed by atoms with van der Waals surface area (Å²) in [5, 5.41) is 2.86. The predicted molar refractivity (Wildman–Crippen MR) is 129 cm³/mol. The molecule has 0 aliphatic carbocycles. The number of hydrogen-bond donors (Lipinski definition) is 2. The van der Waals surface area contributed by atoms with Gasteiger partial charge in [-0.1, -0.05) is 30.2 Å². The molecule has 1 aliphatic heterocycles. The molecule has 0 unspecified atom stereocenters. The summed E-state index contributed by atoms with van der Waals surface area (Å²) in [7, 11) is -6.27. The van der Waals surface area contributed by atoms with E-state index in [0.29, 0.717) is 18.7 Å². The van der Waals surface area contributed by atoms with Crippen LogP contribution in [0.25, 0.3) is 0 Å². The molecule has 3 rings (SSSR count). The fourth-order valence-electron chi connectivity index (χ4n) is 3.59. The van der Waals surface area contributed by atoms with Gasteiger partial charge in [-0.3, -0.25) is 4.79 Å². The van der Waals surface area contributed by atoms with Crippen molar-refractivity contribution >= 4 is 37.6 Å². The van der Waals surface area contributed by atoms with Gasteiger partial charge in [-0.2, -0.15) is 9.03 Å². The number of benzene rings is 2. The van der Waals surface area contributed by atoms with Crippen LogP contribution >= 0.6 is 11.6 Å². The summed E-state index contributed by atoms with van der Waals surface area (Å²) in [6, 6.07) is 9.38. The first-order valence-electron chi connectivity index (χ1n) is 10.8. The highest BCUT2D eigenvalue weighted by Gasteiger charge is 2.27. The molecule has 1 aliphatic rings. The number of rotatable bonds is 9. The summed E-state index contributed by atoms with van der Waals surface area (Å²) < 4.78 is 59.8. The molecule has 1 heterocycles. The number of carbonyl (C=O) groups is 1. The lowest BCUT2D eigenvalue weighted by atomic mass is 10.2. The van der Waals surface area contributed by atoms with Crippen LogP contribution < -0.4 is 14.8 Å². The zero-order valence-corrected chi connectivity index (χ0v) is 21.3. The van der Waals surface area contributed by atoms with E-state index in [1.165, 1.54) is 48.7 Å². The largest absolute Gasteiger partial charge is 0.495 e. The van der Waals surface area contributed by atoms with Gasteiger partial charge in [0.25, 0.3) is 0 Å². The number of amides is 1. The van der Waals surface area contributed by atoms with Crippen molar-refractivity contribution in [3.63, 3.8) is 0 Å². The molecule has 2 aromatic carbocycles. The molecule has 1 atom stereocenters. The Morgan fingerprint density at radius 3 is 2.32 bits per heavy atom. The van der Waals surface area contributed by atoms with Crippen LogP contribution in [0.4, 0.5) is 0 Å². The highest BCUT2D eigenvalue weighted by atomic mass is 35.5. The Bertz CT molecular complexity index is 1230. The van der Waals surface area contributed by atoms with Crippen molar-refractivity contribution in [3.05, 3.63) is 53.1 Å². The minimum Gasteiger partial charge on any atom is -0.495 e. The Balaban J connectivity index is 1.60. The van der Waals surface area contributed by atoms with Crippen molar-refractivity contribution in [1.29, 1.82) is 0 Å². The first-order valence-corrected chi connectivity index (χ1v) is 14.1. The van der Waals surface area contributed by atoms with Crippen LogP contribution in [0.1, 0.15) is 31.7 Å². The summed E-state index contributed by atoms with van der Waals surface area (Å²) in [6.07, 6.45) is 2.75. The van der Waals surface area contributed by atoms with E-state index in [-0.39, 0.29) is 27.1 Å². The molecule has 0 bridgehead atoms. The van der Waals surface area contributed by atoms with Gasteiger partial charge in [-0.25, -0.2) is 16.8 Å². The average Bonchev–Trinajstić information content (AvgIpc) is 2.83. The highest BCUT2D eigenvalue weighted by Crippen LogP contribution is 2.27. The van der Waals surface area contributed by atoms with E-state index < -0.39 is 32.0 Å². The molecule has 9 nitrogen and oxygen atoms in total. The lowest BCUT2D eigenvalue weighted by molar-refractivity contribution is -0.122. The minimum atomic E-state index is -4.08. The standard InChI is InChI=1S/C22H28ClN3O6S2/c1-16(25-33(28,29)21-14-18(23)8-11-20(21)32-2)22(27)24-15-17-6-9-19(10-7-17)34(30,31)26-12-4-3-5-13-26/h6-11,14,16,25H,3-5,12-13,15H2,1-2H3,(H,24,27)/t16-/m0/s1. The number of halogens is 1. The van der Waals surface area contributed by atoms with Crippen LogP contribution in [0.15, 0.2) is 52.3 Å². The Morgan fingerprint density at radius 2 is 1.71 bits per heavy atom. The molecule has 1 amide bonds. The first kappa shape index (κ1) is 26.4. The average molecular weight is 530 g/mol. The van der Waals surface area contributed by atoms with Gasteiger partial charge in [-0.15, -0.1) is 0 Å². The van der Waals surface area contributed by atoms with E-state index in [9.17, 15) is 21.6 Å². The fourth-order valence-corrected chi connectivity index (χ4v) is 6.74. The maximum absolute atomic E-state index is 12.7. The predicted octanol–water partition coefficient (Wildman–Crippen LogP) is 2.51. The van der Waals surface area contributed by atoms with E-state index in [2.05, 4.69) is 10.0 Å². The molecule has 0 radical (unpaired) electrons. The monoisotopic (exact) mass is 529 g/mol. The summed E-state index contributed by atoms with van der Waals surface area (Å²) in [6.45, 7) is 2.57. The van der Waals surface area contributed by atoms with Crippen molar-refractivity contribution in [3.8, 4) is 5.75 Å². The topological polar surface area (TPSA) is 122 Å². The molecule has 186 valence electrons. The number of nitrogens with one attached hydrogen (secondary N) is 2. The molecular formula is C22H28ClN3O6S2. The molecule has 34 heavy (non-hydrogen) atoms. The Kier molecular flexibility index (Phi) is 8.58. The highest BCUT2D eigenvalue weighted by molar-refractivity contribution is 7.89. The zero-order valence-electron chi connectivity index (χ0n) is 19.0. The third-order valence-corrected chi connectivity index (χ3v) is 9.19. The van der Waals surface area contributed by atoms with Gasteiger partial charge >= 0.3 is 0 Å². The van der Waals surface area contributed by atoms with Crippen LogP contribution in [-0.4, -0.2) is 53.3 Å². The minimum absolute atomic E-state index is 0.101. The Morgan fingerprint density at radius 1 is 1.06 bits per heavy atom. The quantitative estimate of drug-likeness (QED) is 0.514. The smallest absolute Gasteiger partial charge is 0.245 e. The van der Waals surface area contributed by atoms with Crippen molar-refractivity contribution in [2.45, 2.75) is 48.6 Å². The van der Waals surface area contributed by atoms with Gasteiger partial charge < -0.3 is 10.1 Å². The van der Waals surface area contributed by atoms with E-state index in [1.807, 2.05) is 0 Å². The van der Waals surface area contributed by atoms with Gasteiger partial charge in [0.1, 0.15) is 10.6 Å². The van der Waals surface area contributed by atoms with E-state index in [1.54, 1.807) is 12.1 Å². The third kappa shape index (κ3) is 6.28. The second kappa shape index (κ2) is 11.0. The van der Waals surface area contributed by atoms with Crippen LogP contribution in [-0.2, 0) is 31.4 Å². The molecule has 12 heteroatoms. The summed E-state index contributed by atoms with van der Waals surface area (Å²) in [4.78, 5) is 12.5. The molecule has 0 aromatic heterocycles. The van der Waals surface area contributed by atoms with Crippen LogP contribution in [0, 0.1) is 0 Å². The maximum Gasteiger partial charge on any atom is 0.245 e. The first-order chi connectivity index (χ1) is 16.0. The fraction of sp³-hybridized carbons (Fsp3) is 0.409. The van der Waals surface area contributed by atoms with Crippen LogP contribution in [0.3, 0.4) is 0 Å². The van der Waals surface area contributed by atoms with Crippen molar-refractivity contribution in [1.82, 2.24) is 14.3 Å². The lowest BCUT2D eigenvalue weighted by Gasteiger charge is -2.25. The number of sulfonamides is 2. The number of hydrogen-bond acceptors (Lipinski definition) is 6. The maximum atomic E-state index is 12.7. The Labute approximate surface area is 205 Å². The molecule has 0 spiro atoms. The molecule has 2 N–H and O–H groups in total. The zero-order chi connectivity index (χ0) is 24.9. The number of methoxy groups -OCH3 is 1. The molecule has 1 saturated heterocycles. The molecular weight excluding hydrogens is 502 g/mol. The van der Waals surface area contributed by atoms with E-state index in [0.717, 1.165) is 19.3 Å². The van der Waals surface area contributed by atoms with Gasteiger partial charge in [0.15, 0.2) is 0 Å². The SMILES string of the molecule is COc1ccc(Cl)cc1S(=O)(=O)N[C@@H](C)C(=O)NCc1ccc(S(=O)(=O)N2CCCCC2)cc1. The normalized spacial score (nSPS) is 16.1. The van der Waals surface area contributed by atoms with Crippen LogP contribution in [0.5, 0.6) is 5.75 Å².